The van der Waals surface area contributed by atoms with Gasteiger partial charge in [-0.15, -0.1) is 0 Å². The standard InChI is InChI=1S/C16H22O2/c1-12(2)14-7-3-4-9-16(14)18-11-10-13-6-5-8-15(13)17/h3-4,7,9,12-13H,5-6,8,10-11H2,1-2H3. The predicted molar refractivity (Wildman–Crippen MR) is 73.0 cm³/mol. The summed E-state index contributed by atoms with van der Waals surface area (Å²) in [6.45, 7) is 4.99. The van der Waals surface area contributed by atoms with Crippen molar-refractivity contribution in [1.82, 2.24) is 0 Å². The fraction of sp³-hybridized carbons (Fsp3) is 0.562. The summed E-state index contributed by atoms with van der Waals surface area (Å²) in [4.78, 5) is 11.5. The second-order valence-electron chi connectivity index (χ2n) is 5.39. The molecule has 0 aliphatic heterocycles. The summed E-state index contributed by atoms with van der Waals surface area (Å²) in [6, 6.07) is 8.18. The van der Waals surface area contributed by atoms with Gasteiger partial charge in [-0.2, -0.15) is 0 Å². The van der Waals surface area contributed by atoms with E-state index in [0.29, 0.717) is 18.3 Å². The van der Waals surface area contributed by atoms with Crippen LogP contribution in [0, 0.1) is 5.92 Å². The second-order valence-corrected chi connectivity index (χ2v) is 5.39. The highest BCUT2D eigenvalue weighted by atomic mass is 16.5. The first-order valence-corrected chi connectivity index (χ1v) is 6.93. The predicted octanol–water partition coefficient (Wildman–Crippen LogP) is 3.95. The second kappa shape index (κ2) is 6.03. The summed E-state index contributed by atoms with van der Waals surface area (Å²) >= 11 is 0. The SMILES string of the molecule is CC(C)c1ccccc1OCCC1CCCC1=O. The van der Waals surface area contributed by atoms with Gasteiger partial charge in [0.25, 0.3) is 0 Å². The van der Waals surface area contributed by atoms with E-state index in [4.69, 9.17) is 4.74 Å². The van der Waals surface area contributed by atoms with Gasteiger partial charge in [0.05, 0.1) is 6.61 Å². The van der Waals surface area contributed by atoms with Crippen molar-refractivity contribution in [3.05, 3.63) is 29.8 Å². The third kappa shape index (κ3) is 3.12. The van der Waals surface area contributed by atoms with Gasteiger partial charge in [0, 0.05) is 12.3 Å². The van der Waals surface area contributed by atoms with Crippen LogP contribution in [0.25, 0.3) is 0 Å². The molecular weight excluding hydrogens is 224 g/mol. The fourth-order valence-electron chi connectivity index (χ4n) is 2.59. The molecule has 0 N–H and O–H groups in total. The Morgan fingerprint density at radius 2 is 2.11 bits per heavy atom. The average molecular weight is 246 g/mol. The Hall–Kier alpha value is -1.31. The van der Waals surface area contributed by atoms with Gasteiger partial charge in [-0.05, 0) is 36.8 Å². The van der Waals surface area contributed by atoms with Crippen molar-refractivity contribution in [1.29, 1.82) is 0 Å². The van der Waals surface area contributed by atoms with Crippen molar-refractivity contribution in [2.24, 2.45) is 5.92 Å². The van der Waals surface area contributed by atoms with Crippen molar-refractivity contribution in [3.8, 4) is 5.75 Å². The number of para-hydroxylation sites is 1. The molecule has 1 aromatic carbocycles. The van der Waals surface area contributed by atoms with Gasteiger partial charge in [0.1, 0.15) is 11.5 Å². The van der Waals surface area contributed by atoms with E-state index >= 15 is 0 Å². The number of Topliss-reactive ketones (excluding diaryl/α,β-unsaturated/α-hetero) is 1. The summed E-state index contributed by atoms with van der Waals surface area (Å²) in [7, 11) is 0. The number of benzene rings is 1. The van der Waals surface area contributed by atoms with Crippen molar-refractivity contribution in [3.63, 3.8) is 0 Å². The lowest BCUT2D eigenvalue weighted by Crippen LogP contribution is -2.11. The van der Waals surface area contributed by atoms with Gasteiger partial charge in [-0.25, -0.2) is 0 Å². The first-order valence-electron chi connectivity index (χ1n) is 6.93. The molecule has 1 fully saturated rings. The Bertz CT molecular complexity index is 409. The van der Waals surface area contributed by atoms with E-state index in [1.54, 1.807) is 0 Å². The Labute approximate surface area is 109 Å². The molecule has 0 heterocycles. The molecule has 1 saturated carbocycles. The van der Waals surface area contributed by atoms with Crippen molar-refractivity contribution in [2.75, 3.05) is 6.61 Å². The molecule has 1 aliphatic carbocycles. The van der Waals surface area contributed by atoms with Crippen LogP contribution in [0.3, 0.4) is 0 Å². The quantitative estimate of drug-likeness (QED) is 0.786. The summed E-state index contributed by atoms with van der Waals surface area (Å²) in [5, 5.41) is 0. The van der Waals surface area contributed by atoms with Crippen LogP contribution in [0.15, 0.2) is 24.3 Å². The summed E-state index contributed by atoms with van der Waals surface area (Å²) in [5.41, 5.74) is 1.25. The zero-order chi connectivity index (χ0) is 13.0. The topological polar surface area (TPSA) is 26.3 Å². The maximum Gasteiger partial charge on any atom is 0.136 e. The zero-order valence-corrected chi connectivity index (χ0v) is 11.3. The highest BCUT2D eigenvalue weighted by Crippen LogP contribution is 2.28. The molecule has 2 heteroatoms. The van der Waals surface area contributed by atoms with Gasteiger partial charge in [0.2, 0.25) is 0 Å². The maximum absolute atomic E-state index is 11.5. The van der Waals surface area contributed by atoms with Crippen molar-refractivity contribution >= 4 is 5.78 Å². The minimum atomic E-state index is 0.246. The molecule has 0 radical (unpaired) electrons. The highest BCUT2D eigenvalue weighted by molar-refractivity contribution is 5.82. The third-order valence-corrected chi connectivity index (χ3v) is 3.70. The van der Waals surface area contributed by atoms with Gasteiger partial charge in [-0.3, -0.25) is 4.79 Å². The number of hydrogen-bond acceptors (Lipinski definition) is 2. The number of ketones is 1. The van der Waals surface area contributed by atoms with Crippen LogP contribution in [0.4, 0.5) is 0 Å². The number of carbonyl (C=O) groups excluding carboxylic acids is 1. The van der Waals surface area contributed by atoms with Gasteiger partial charge < -0.3 is 4.74 Å². The van der Waals surface area contributed by atoms with Crippen LogP contribution in [-0.4, -0.2) is 12.4 Å². The molecule has 0 saturated heterocycles. The Morgan fingerprint density at radius 3 is 2.78 bits per heavy atom. The first kappa shape index (κ1) is 13.1. The van der Waals surface area contributed by atoms with Crippen LogP contribution >= 0.6 is 0 Å². The fourth-order valence-corrected chi connectivity index (χ4v) is 2.59. The maximum atomic E-state index is 11.5. The average Bonchev–Trinajstić information content (AvgIpc) is 2.76. The summed E-state index contributed by atoms with van der Waals surface area (Å²) in [5.74, 6) is 2.11. The Morgan fingerprint density at radius 1 is 1.33 bits per heavy atom. The van der Waals surface area contributed by atoms with Crippen LogP contribution in [-0.2, 0) is 4.79 Å². The lowest BCUT2D eigenvalue weighted by molar-refractivity contribution is -0.121. The minimum absolute atomic E-state index is 0.246. The van der Waals surface area contributed by atoms with Crippen LogP contribution in [0.5, 0.6) is 5.75 Å². The van der Waals surface area contributed by atoms with E-state index < -0.39 is 0 Å². The van der Waals surface area contributed by atoms with E-state index in [1.807, 2.05) is 18.2 Å². The van der Waals surface area contributed by atoms with Gasteiger partial charge in [0.15, 0.2) is 0 Å². The molecule has 1 aliphatic rings. The van der Waals surface area contributed by atoms with Crippen molar-refractivity contribution < 1.29 is 9.53 Å². The lowest BCUT2D eigenvalue weighted by Gasteiger charge is -2.15. The van der Waals surface area contributed by atoms with E-state index in [9.17, 15) is 4.79 Å². The summed E-state index contributed by atoms with van der Waals surface area (Å²) < 4.78 is 5.86. The van der Waals surface area contributed by atoms with Crippen LogP contribution in [0.1, 0.15) is 51.0 Å². The van der Waals surface area contributed by atoms with E-state index in [-0.39, 0.29) is 5.92 Å². The monoisotopic (exact) mass is 246 g/mol. The van der Waals surface area contributed by atoms with Gasteiger partial charge >= 0.3 is 0 Å². The van der Waals surface area contributed by atoms with E-state index in [0.717, 1.165) is 31.4 Å². The molecule has 2 nitrogen and oxygen atoms in total. The number of rotatable bonds is 5. The molecule has 0 bridgehead atoms. The molecule has 1 aromatic rings. The highest BCUT2D eigenvalue weighted by Gasteiger charge is 2.23. The van der Waals surface area contributed by atoms with E-state index in [1.165, 1.54) is 5.56 Å². The largest absolute Gasteiger partial charge is 0.493 e. The molecular formula is C16H22O2. The number of carbonyl (C=O) groups is 1. The smallest absolute Gasteiger partial charge is 0.136 e. The molecule has 18 heavy (non-hydrogen) atoms. The lowest BCUT2D eigenvalue weighted by atomic mass is 10.0. The minimum Gasteiger partial charge on any atom is -0.493 e. The molecule has 1 unspecified atom stereocenters. The molecule has 2 rings (SSSR count). The Kier molecular flexibility index (Phi) is 4.40. The molecule has 0 spiro atoms. The summed E-state index contributed by atoms with van der Waals surface area (Å²) in [6.07, 6.45) is 3.75. The molecule has 98 valence electrons. The van der Waals surface area contributed by atoms with E-state index in [2.05, 4.69) is 19.9 Å². The van der Waals surface area contributed by atoms with Crippen molar-refractivity contribution in [2.45, 2.75) is 45.4 Å². The number of hydrogen-bond donors (Lipinski definition) is 0. The zero-order valence-electron chi connectivity index (χ0n) is 11.3. The van der Waals surface area contributed by atoms with Gasteiger partial charge in [-0.1, -0.05) is 32.0 Å². The Balaban J connectivity index is 1.88. The molecule has 1 atom stereocenters. The van der Waals surface area contributed by atoms with Crippen LogP contribution in [0.2, 0.25) is 0 Å². The van der Waals surface area contributed by atoms with Crippen LogP contribution < -0.4 is 4.74 Å². The first-order chi connectivity index (χ1) is 8.68. The normalized spacial score (nSPS) is 19.5. The molecule has 0 amide bonds. The molecule has 0 aromatic heterocycles. The third-order valence-electron chi connectivity index (χ3n) is 3.70. The number of ether oxygens (including phenoxy) is 1.